The average Bonchev–Trinajstić information content (AvgIpc) is 2.84. The van der Waals surface area contributed by atoms with E-state index >= 15 is 0 Å². The van der Waals surface area contributed by atoms with Gasteiger partial charge in [0.1, 0.15) is 5.69 Å². The van der Waals surface area contributed by atoms with Crippen LogP contribution in [-0.4, -0.2) is 32.5 Å². The van der Waals surface area contributed by atoms with Crippen molar-refractivity contribution in [2.75, 3.05) is 6.54 Å². The van der Waals surface area contributed by atoms with Gasteiger partial charge in [-0.1, -0.05) is 6.07 Å². The minimum atomic E-state index is -3.63. The van der Waals surface area contributed by atoms with Gasteiger partial charge < -0.3 is 4.90 Å². The summed E-state index contributed by atoms with van der Waals surface area (Å²) in [6.45, 7) is 1.97. The predicted molar refractivity (Wildman–Crippen MR) is 75.2 cm³/mol. The number of rotatable bonds is 2. The van der Waals surface area contributed by atoms with E-state index in [2.05, 4.69) is 15.2 Å². The number of carbonyl (C=O) groups excluding carboxylic acids is 1. The Bertz CT molecular complexity index is 698. The number of hydrogen-bond donors (Lipinski definition) is 1. The van der Waals surface area contributed by atoms with Gasteiger partial charge in [-0.15, -0.1) is 0 Å². The number of nitrogens with zero attached hydrogens (tertiary/aromatic N) is 3. The Hall–Kier alpha value is -2.31. The Balaban J connectivity index is 1.88. The largest absolute Gasteiger partial charge is 0.366 e. The molecule has 0 unspecified atom stereocenters. The summed E-state index contributed by atoms with van der Waals surface area (Å²) in [4.78, 5) is 17.3. The molecule has 0 aromatic carbocycles. The smallest absolute Gasteiger partial charge is 0.333 e. The Morgan fingerprint density at radius 2 is 2.27 bits per heavy atom. The first kappa shape index (κ1) is 14.6. The maximum absolute atomic E-state index is 14.6. The molecule has 3 heterocycles. The van der Waals surface area contributed by atoms with E-state index in [0.29, 0.717) is 24.9 Å². The van der Waals surface area contributed by atoms with Gasteiger partial charge in [-0.25, -0.2) is 0 Å². The van der Waals surface area contributed by atoms with Crippen molar-refractivity contribution >= 4 is 5.91 Å². The van der Waals surface area contributed by atoms with Crippen LogP contribution in [0.2, 0.25) is 0 Å². The topological polar surface area (TPSA) is 61.9 Å². The Kier molecular flexibility index (Phi) is 3.64. The van der Waals surface area contributed by atoms with Crippen LogP contribution in [0.5, 0.6) is 0 Å². The molecule has 0 radical (unpaired) electrons. The summed E-state index contributed by atoms with van der Waals surface area (Å²) in [5, 5.41) is 6.76. The highest BCUT2D eigenvalue weighted by Crippen LogP contribution is 2.32. The first-order chi connectivity index (χ1) is 10.5. The van der Waals surface area contributed by atoms with Crippen molar-refractivity contribution in [2.24, 2.45) is 0 Å². The van der Waals surface area contributed by atoms with E-state index in [1.54, 1.807) is 12.3 Å². The molecule has 0 saturated carbocycles. The first-order valence-corrected chi connectivity index (χ1v) is 7.10. The lowest BCUT2D eigenvalue weighted by molar-refractivity contribution is -0.160. The average molecular weight is 306 g/mol. The number of aromatic nitrogens is 3. The highest BCUT2D eigenvalue weighted by Gasteiger charge is 2.46. The zero-order chi connectivity index (χ0) is 15.7. The van der Waals surface area contributed by atoms with Crippen LogP contribution >= 0.6 is 0 Å². The zero-order valence-corrected chi connectivity index (χ0v) is 12.1. The Labute approximate surface area is 126 Å². The van der Waals surface area contributed by atoms with Crippen LogP contribution in [0.15, 0.2) is 24.5 Å². The third kappa shape index (κ3) is 2.47. The molecule has 116 valence electrons. The number of amides is 1. The molecule has 1 aliphatic heterocycles. The number of hydrogen-bond acceptors (Lipinski definition) is 3. The second kappa shape index (κ2) is 5.47. The maximum Gasteiger partial charge on any atom is 0.366 e. The van der Waals surface area contributed by atoms with E-state index in [1.165, 1.54) is 24.1 Å². The Morgan fingerprint density at radius 3 is 3.05 bits per heavy atom. The molecule has 2 aromatic heterocycles. The van der Waals surface area contributed by atoms with Gasteiger partial charge in [-0.05, 0) is 31.4 Å². The summed E-state index contributed by atoms with van der Waals surface area (Å²) in [5.74, 6) is -4.83. The van der Waals surface area contributed by atoms with Crippen molar-refractivity contribution < 1.29 is 13.6 Å². The van der Waals surface area contributed by atoms with Crippen LogP contribution in [0.1, 0.15) is 28.9 Å². The minimum absolute atomic E-state index is 0.145. The van der Waals surface area contributed by atoms with Crippen LogP contribution in [0.4, 0.5) is 8.78 Å². The highest BCUT2D eigenvalue weighted by molar-refractivity contribution is 5.84. The molecule has 0 aliphatic carbocycles. The molecular weight excluding hydrogens is 290 g/mol. The number of aryl methyl sites for hydroxylation is 2. The van der Waals surface area contributed by atoms with Crippen molar-refractivity contribution in [3.8, 4) is 0 Å². The van der Waals surface area contributed by atoms with Crippen molar-refractivity contribution in [3.05, 3.63) is 47.0 Å². The summed E-state index contributed by atoms with van der Waals surface area (Å²) in [6.07, 6.45) is 4.19. The fourth-order valence-electron chi connectivity index (χ4n) is 2.71. The van der Waals surface area contributed by atoms with Crippen LogP contribution in [0, 0.1) is 6.92 Å². The number of aromatic amines is 1. The van der Waals surface area contributed by atoms with Crippen molar-refractivity contribution in [1.29, 1.82) is 0 Å². The van der Waals surface area contributed by atoms with Gasteiger partial charge in [0, 0.05) is 30.5 Å². The van der Waals surface area contributed by atoms with E-state index in [9.17, 15) is 13.6 Å². The van der Waals surface area contributed by atoms with Gasteiger partial charge in [0.05, 0.1) is 6.20 Å². The number of pyridine rings is 1. The highest BCUT2D eigenvalue weighted by atomic mass is 19.3. The van der Waals surface area contributed by atoms with E-state index in [1.807, 2.05) is 0 Å². The van der Waals surface area contributed by atoms with Crippen LogP contribution in [0.3, 0.4) is 0 Å². The number of nitrogens with one attached hydrogen (secondary N) is 1. The lowest BCUT2D eigenvalue weighted by atomic mass is 10.1. The molecule has 5 nitrogen and oxygen atoms in total. The summed E-state index contributed by atoms with van der Waals surface area (Å²) in [5.41, 5.74) is 1.53. The van der Waals surface area contributed by atoms with E-state index in [0.717, 1.165) is 11.3 Å². The zero-order valence-electron chi connectivity index (χ0n) is 12.1. The van der Waals surface area contributed by atoms with Crippen molar-refractivity contribution in [3.63, 3.8) is 0 Å². The van der Waals surface area contributed by atoms with Gasteiger partial charge in [-0.2, -0.15) is 13.9 Å². The van der Waals surface area contributed by atoms with Gasteiger partial charge >= 0.3 is 5.92 Å². The SMILES string of the molecule is Cc1cccnc1C(F)(F)C(=O)N1CCCc2[nH]ncc2C1. The number of carbonyl (C=O) groups is 1. The van der Waals surface area contributed by atoms with E-state index in [4.69, 9.17) is 0 Å². The third-order valence-electron chi connectivity index (χ3n) is 3.89. The van der Waals surface area contributed by atoms with Crippen LogP contribution in [-0.2, 0) is 23.7 Å². The normalized spacial score (nSPS) is 15.3. The second-order valence-electron chi connectivity index (χ2n) is 5.45. The fourth-order valence-corrected chi connectivity index (χ4v) is 2.71. The van der Waals surface area contributed by atoms with Crippen LogP contribution < -0.4 is 0 Å². The molecule has 1 aliphatic rings. The third-order valence-corrected chi connectivity index (χ3v) is 3.89. The van der Waals surface area contributed by atoms with E-state index < -0.39 is 17.5 Å². The van der Waals surface area contributed by atoms with Crippen molar-refractivity contribution in [1.82, 2.24) is 20.1 Å². The van der Waals surface area contributed by atoms with Gasteiger partial charge in [-0.3, -0.25) is 14.9 Å². The Morgan fingerprint density at radius 1 is 1.45 bits per heavy atom. The second-order valence-corrected chi connectivity index (χ2v) is 5.45. The number of alkyl halides is 2. The molecule has 0 spiro atoms. The fraction of sp³-hybridized carbons (Fsp3) is 0.400. The number of H-pyrrole nitrogens is 1. The van der Waals surface area contributed by atoms with Crippen LogP contribution in [0.25, 0.3) is 0 Å². The molecule has 7 heteroatoms. The lowest BCUT2D eigenvalue weighted by Gasteiger charge is -2.26. The standard InChI is InChI=1S/C15H16F2N4O/c1-10-4-2-6-18-13(10)15(16,17)14(22)21-7-3-5-12-11(9-21)8-19-20-12/h2,4,6,8H,3,5,7,9H2,1H3,(H,19,20). The number of halogens is 2. The molecule has 1 amide bonds. The quantitative estimate of drug-likeness (QED) is 0.925. The summed E-state index contributed by atoms with van der Waals surface area (Å²) < 4.78 is 29.1. The summed E-state index contributed by atoms with van der Waals surface area (Å²) in [6, 6.07) is 3.10. The van der Waals surface area contributed by atoms with Crippen molar-refractivity contribution in [2.45, 2.75) is 32.2 Å². The van der Waals surface area contributed by atoms with E-state index in [-0.39, 0.29) is 6.54 Å². The molecule has 3 rings (SSSR count). The summed E-state index contributed by atoms with van der Waals surface area (Å²) >= 11 is 0. The monoisotopic (exact) mass is 306 g/mol. The molecule has 0 fully saturated rings. The van der Waals surface area contributed by atoms with Gasteiger partial charge in [0.2, 0.25) is 0 Å². The summed E-state index contributed by atoms with van der Waals surface area (Å²) in [7, 11) is 0. The van der Waals surface area contributed by atoms with Gasteiger partial charge in [0.25, 0.3) is 5.91 Å². The minimum Gasteiger partial charge on any atom is -0.333 e. The molecule has 2 aromatic rings. The molecule has 0 atom stereocenters. The molecule has 1 N–H and O–H groups in total. The molecule has 0 saturated heterocycles. The first-order valence-electron chi connectivity index (χ1n) is 7.10. The van der Waals surface area contributed by atoms with Gasteiger partial charge in [0.15, 0.2) is 0 Å². The number of fused-ring (bicyclic) bond motifs is 1. The predicted octanol–water partition coefficient (Wildman–Crippen LogP) is 2.18. The maximum atomic E-state index is 14.6. The molecule has 22 heavy (non-hydrogen) atoms. The lowest BCUT2D eigenvalue weighted by Crippen LogP contribution is -2.42. The molecule has 0 bridgehead atoms. The molecular formula is C15H16F2N4O.